The van der Waals surface area contributed by atoms with E-state index in [1.165, 1.54) is 17.5 Å². The van der Waals surface area contributed by atoms with Crippen molar-refractivity contribution in [2.24, 2.45) is 0 Å². The Bertz CT molecular complexity index is 1090. The van der Waals surface area contributed by atoms with Gasteiger partial charge in [0.15, 0.2) is 0 Å². The van der Waals surface area contributed by atoms with Crippen LogP contribution >= 0.6 is 0 Å². The molecule has 3 rings (SSSR count). The summed E-state index contributed by atoms with van der Waals surface area (Å²) < 4.78 is 15.8. The molecule has 0 aliphatic carbocycles. The number of nitrogens with zero attached hydrogens (tertiary/aromatic N) is 3. The Balaban J connectivity index is 1.75. The molecule has 1 atom stereocenters. The number of carbonyl (C=O) groups is 2. The van der Waals surface area contributed by atoms with Crippen molar-refractivity contribution >= 4 is 12.2 Å². The standard InChI is InChI=1S/C27H34N4O6/c1-27(2,3)37-26(34)31(29-25(33)35-19-22-12-8-5-9-13-22)30(17-23-16-28-36-20-23)18-24(32)15-14-21-10-6-4-7-11-21/h4-13,16,20,24,32H,14-15,17-19H2,1-3H3,(H,29,33)/t24-/m0/s1. The van der Waals surface area contributed by atoms with Crippen molar-refractivity contribution in [3.63, 3.8) is 0 Å². The maximum Gasteiger partial charge on any atom is 0.444 e. The Kier molecular flexibility index (Phi) is 10.0. The third-order valence-electron chi connectivity index (χ3n) is 5.14. The van der Waals surface area contributed by atoms with E-state index in [0.717, 1.165) is 16.2 Å². The van der Waals surface area contributed by atoms with Gasteiger partial charge in [0.2, 0.25) is 0 Å². The second kappa shape index (κ2) is 13.4. The number of nitrogens with one attached hydrogen (secondary N) is 1. The van der Waals surface area contributed by atoms with Gasteiger partial charge in [-0.1, -0.05) is 65.8 Å². The van der Waals surface area contributed by atoms with Crippen LogP contribution in [0, 0.1) is 0 Å². The first-order chi connectivity index (χ1) is 17.7. The quantitative estimate of drug-likeness (QED) is 0.384. The molecule has 2 aromatic carbocycles. The number of benzene rings is 2. The maximum absolute atomic E-state index is 13.2. The molecule has 37 heavy (non-hydrogen) atoms. The smallest absolute Gasteiger partial charge is 0.443 e. The van der Waals surface area contributed by atoms with E-state index in [9.17, 15) is 14.7 Å². The summed E-state index contributed by atoms with van der Waals surface area (Å²) >= 11 is 0. The Labute approximate surface area is 216 Å². The van der Waals surface area contributed by atoms with Crippen LogP contribution in [-0.4, -0.2) is 50.8 Å². The molecule has 0 fully saturated rings. The molecule has 3 aromatic rings. The molecule has 10 heteroatoms. The monoisotopic (exact) mass is 510 g/mol. The van der Waals surface area contributed by atoms with E-state index in [1.54, 1.807) is 20.8 Å². The minimum Gasteiger partial charge on any atom is -0.443 e. The van der Waals surface area contributed by atoms with Crippen LogP contribution in [0.4, 0.5) is 9.59 Å². The Morgan fingerprint density at radius 1 is 1.03 bits per heavy atom. The summed E-state index contributed by atoms with van der Waals surface area (Å²) in [4.78, 5) is 25.9. The van der Waals surface area contributed by atoms with Crippen molar-refractivity contribution in [3.05, 3.63) is 89.8 Å². The summed E-state index contributed by atoms with van der Waals surface area (Å²) in [6.45, 7) is 5.28. The van der Waals surface area contributed by atoms with Crippen LogP contribution in [0.15, 0.2) is 77.6 Å². The average molecular weight is 511 g/mol. The molecule has 2 amide bonds. The van der Waals surface area contributed by atoms with Crippen molar-refractivity contribution in [3.8, 4) is 0 Å². The molecule has 0 radical (unpaired) electrons. The Hall–Kier alpha value is -3.89. The highest BCUT2D eigenvalue weighted by molar-refractivity contribution is 5.73. The van der Waals surface area contributed by atoms with E-state index in [0.29, 0.717) is 18.4 Å². The van der Waals surface area contributed by atoms with Crippen molar-refractivity contribution in [1.82, 2.24) is 20.7 Å². The van der Waals surface area contributed by atoms with Crippen LogP contribution in [0.2, 0.25) is 0 Å². The van der Waals surface area contributed by atoms with E-state index in [2.05, 4.69) is 10.6 Å². The van der Waals surface area contributed by atoms with Gasteiger partial charge >= 0.3 is 12.2 Å². The number of carbonyl (C=O) groups excluding carboxylic acids is 2. The first-order valence-corrected chi connectivity index (χ1v) is 12.0. The van der Waals surface area contributed by atoms with Crippen LogP contribution in [0.3, 0.4) is 0 Å². The number of aliphatic hydroxyl groups excluding tert-OH is 1. The first-order valence-electron chi connectivity index (χ1n) is 12.0. The molecule has 0 unspecified atom stereocenters. The molecule has 0 bridgehead atoms. The fourth-order valence-corrected chi connectivity index (χ4v) is 3.42. The molecule has 0 saturated heterocycles. The van der Waals surface area contributed by atoms with Gasteiger partial charge < -0.3 is 19.1 Å². The molecule has 0 aliphatic heterocycles. The Morgan fingerprint density at radius 2 is 1.68 bits per heavy atom. The van der Waals surface area contributed by atoms with E-state index in [4.69, 9.17) is 14.0 Å². The number of hydrazine groups is 2. The van der Waals surface area contributed by atoms with Gasteiger partial charge in [-0.3, -0.25) is 0 Å². The van der Waals surface area contributed by atoms with E-state index in [-0.39, 0.29) is 19.7 Å². The second-order valence-corrected chi connectivity index (χ2v) is 9.52. The summed E-state index contributed by atoms with van der Waals surface area (Å²) in [5, 5.41) is 16.9. The second-order valence-electron chi connectivity index (χ2n) is 9.52. The number of aryl methyl sites for hydroxylation is 1. The van der Waals surface area contributed by atoms with E-state index >= 15 is 0 Å². The number of rotatable bonds is 10. The number of hydrogen-bond acceptors (Lipinski definition) is 8. The predicted octanol–water partition coefficient (Wildman–Crippen LogP) is 4.46. The van der Waals surface area contributed by atoms with E-state index in [1.807, 2.05) is 60.7 Å². The normalized spacial score (nSPS) is 12.1. The summed E-state index contributed by atoms with van der Waals surface area (Å²) in [6, 6.07) is 19.0. The van der Waals surface area contributed by atoms with Gasteiger partial charge in [-0.05, 0) is 44.7 Å². The Morgan fingerprint density at radius 3 is 2.27 bits per heavy atom. The van der Waals surface area contributed by atoms with Gasteiger partial charge in [0.1, 0.15) is 18.5 Å². The highest BCUT2D eigenvalue weighted by Gasteiger charge is 2.31. The van der Waals surface area contributed by atoms with Gasteiger partial charge in [-0.25, -0.2) is 15.0 Å². The lowest BCUT2D eigenvalue weighted by atomic mass is 10.1. The van der Waals surface area contributed by atoms with Crippen molar-refractivity contribution in [2.45, 2.75) is 58.5 Å². The van der Waals surface area contributed by atoms with Gasteiger partial charge in [-0.2, -0.15) is 5.01 Å². The molecular weight excluding hydrogens is 476 g/mol. The fraction of sp³-hybridized carbons (Fsp3) is 0.370. The summed E-state index contributed by atoms with van der Waals surface area (Å²) in [5.74, 6) is 0. The number of amides is 2. The third kappa shape index (κ3) is 9.94. The average Bonchev–Trinajstić information content (AvgIpc) is 3.38. The fourth-order valence-electron chi connectivity index (χ4n) is 3.42. The maximum atomic E-state index is 13.2. The highest BCUT2D eigenvalue weighted by Crippen LogP contribution is 2.15. The molecule has 198 valence electrons. The molecule has 1 heterocycles. The SMILES string of the molecule is CC(C)(C)OC(=O)N(NC(=O)OCc1ccccc1)N(Cc1cnoc1)C[C@@H](O)CCc1ccccc1. The molecule has 2 N–H and O–H groups in total. The molecule has 0 saturated carbocycles. The topological polar surface area (TPSA) is 117 Å². The predicted molar refractivity (Wildman–Crippen MR) is 136 cm³/mol. The van der Waals surface area contributed by atoms with E-state index < -0.39 is 23.9 Å². The summed E-state index contributed by atoms with van der Waals surface area (Å²) in [7, 11) is 0. The largest absolute Gasteiger partial charge is 0.444 e. The van der Waals surface area contributed by atoms with Crippen LogP contribution in [-0.2, 0) is 29.0 Å². The zero-order valence-corrected chi connectivity index (χ0v) is 21.4. The lowest BCUT2D eigenvalue weighted by Gasteiger charge is -2.36. The number of aromatic nitrogens is 1. The summed E-state index contributed by atoms with van der Waals surface area (Å²) in [5.41, 5.74) is 4.13. The first kappa shape index (κ1) is 27.7. The molecule has 1 aromatic heterocycles. The van der Waals surface area contributed by atoms with Crippen molar-refractivity contribution in [1.29, 1.82) is 0 Å². The lowest BCUT2D eigenvalue weighted by Crippen LogP contribution is -2.58. The summed E-state index contributed by atoms with van der Waals surface area (Å²) in [6.07, 6.45) is 1.47. The van der Waals surface area contributed by atoms with Gasteiger partial charge in [0.05, 0.1) is 18.8 Å². The minimum absolute atomic E-state index is 0.0101. The number of aliphatic hydroxyl groups is 1. The molecular formula is C27H34N4O6. The van der Waals surface area contributed by atoms with Gasteiger partial charge in [-0.15, -0.1) is 5.12 Å². The van der Waals surface area contributed by atoms with Crippen molar-refractivity contribution < 1.29 is 28.7 Å². The minimum atomic E-state index is -0.858. The third-order valence-corrected chi connectivity index (χ3v) is 5.14. The van der Waals surface area contributed by atoms with Gasteiger partial charge in [0.25, 0.3) is 0 Å². The molecule has 0 spiro atoms. The zero-order chi connectivity index (χ0) is 26.7. The number of ether oxygens (including phenoxy) is 2. The van der Waals surface area contributed by atoms with Crippen LogP contribution in [0.25, 0.3) is 0 Å². The highest BCUT2D eigenvalue weighted by atomic mass is 16.6. The van der Waals surface area contributed by atoms with Crippen LogP contribution in [0.1, 0.15) is 43.9 Å². The van der Waals surface area contributed by atoms with Crippen molar-refractivity contribution in [2.75, 3.05) is 6.54 Å². The van der Waals surface area contributed by atoms with Crippen LogP contribution in [0.5, 0.6) is 0 Å². The lowest BCUT2D eigenvalue weighted by molar-refractivity contribution is -0.0957. The molecule has 0 aliphatic rings. The van der Waals surface area contributed by atoms with Gasteiger partial charge in [0, 0.05) is 12.1 Å². The molecule has 10 nitrogen and oxygen atoms in total. The van der Waals surface area contributed by atoms with Crippen LogP contribution < -0.4 is 5.43 Å². The number of hydrogen-bond donors (Lipinski definition) is 2. The zero-order valence-electron chi connectivity index (χ0n) is 21.4.